The van der Waals surface area contributed by atoms with Crippen LogP contribution >= 0.6 is 11.6 Å². The van der Waals surface area contributed by atoms with Gasteiger partial charge in [0.25, 0.3) is 5.91 Å². The van der Waals surface area contributed by atoms with E-state index in [2.05, 4.69) is 29.1 Å². The Hall–Kier alpha value is -3.22. The van der Waals surface area contributed by atoms with E-state index in [1.165, 1.54) is 5.56 Å². The van der Waals surface area contributed by atoms with Crippen LogP contribution in [0.1, 0.15) is 28.5 Å². The SMILES string of the molecule is CCn1cc(-c2cc(C(=O)N3CCN(Cc4ccc(Cl)cc4)CC3)c3ccccc3n2)c(C)n1. The summed E-state index contributed by atoms with van der Waals surface area (Å²) >= 11 is 6.01. The van der Waals surface area contributed by atoms with E-state index in [0.29, 0.717) is 18.7 Å². The number of aromatic nitrogens is 3. The summed E-state index contributed by atoms with van der Waals surface area (Å²) in [6.07, 6.45) is 2.01. The first-order valence-electron chi connectivity index (χ1n) is 11.7. The minimum atomic E-state index is 0.0616. The molecule has 1 fully saturated rings. The number of carbonyl (C=O) groups excluding carboxylic acids is 1. The maximum atomic E-state index is 13.7. The van der Waals surface area contributed by atoms with E-state index in [0.717, 1.165) is 59.1 Å². The summed E-state index contributed by atoms with van der Waals surface area (Å²) in [4.78, 5) is 22.9. The lowest BCUT2D eigenvalue weighted by atomic mass is 10.0. The molecule has 7 heteroatoms. The smallest absolute Gasteiger partial charge is 0.254 e. The van der Waals surface area contributed by atoms with Crippen LogP contribution in [0.2, 0.25) is 5.02 Å². The van der Waals surface area contributed by atoms with E-state index < -0.39 is 0 Å². The maximum Gasteiger partial charge on any atom is 0.254 e. The summed E-state index contributed by atoms with van der Waals surface area (Å²) in [5.74, 6) is 0.0616. The molecule has 6 nitrogen and oxygen atoms in total. The number of hydrogen-bond acceptors (Lipinski definition) is 4. The number of fused-ring (bicyclic) bond motifs is 1. The number of piperazine rings is 1. The van der Waals surface area contributed by atoms with Gasteiger partial charge in [0, 0.05) is 61.4 Å². The highest BCUT2D eigenvalue weighted by Gasteiger charge is 2.25. The molecule has 174 valence electrons. The van der Waals surface area contributed by atoms with Gasteiger partial charge < -0.3 is 4.90 Å². The summed E-state index contributed by atoms with van der Waals surface area (Å²) in [7, 11) is 0. The van der Waals surface area contributed by atoms with E-state index in [1.54, 1.807) is 0 Å². The molecule has 34 heavy (non-hydrogen) atoms. The van der Waals surface area contributed by atoms with E-state index in [4.69, 9.17) is 16.6 Å². The van der Waals surface area contributed by atoms with Crippen molar-refractivity contribution in [2.75, 3.05) is 26.2 Å². The summed E-state index contributed by atoms with van der Waals surface area (Å²) in [6, 6.07) is 17.8. The van der Waals surface area contributed by atoms with Gasteiger partial charge in [-0.2, -0.15) is 5.10 Å². The number of nitrogens with zero attached hydrogens (tertiary/aromatic N) is 5. The zero-order valence-corrected chi connectivity index (χ0v) is 20.3. The number of carbonyl (C=O) groups is 1. The van der Waals surface area contributed by atoms with Crippen molar-refractivity contribution in [3.63, 3.8) is 0 Å². The molecule has 2 aromatic heterocycles. The average Bonchev–Trinajstić information content (AvgIpc) is 3.25. The molecule has 0 aliphatic carbocycles. The Morgan fingerprint density at radius 1 is 1.03 bits per heavy atom. The number of halogens is 1. The zero-order chi connectivity index (χ0) is 23.7. The number of pyridine rings is 1. The molecule has 0 bridgehead atoms. The van der Waals surface area contributed by atoms with Gasteiger partial charge in [-0.1, -0.05) is 41.9 Å². The summed E-state index contributed by atoms with van der Waals surface area (Å²) in [5, 5.41) is 6.21. The van der Waals surface area contributed by atoms with E-state index in [9.17, 15) is 4.79 Å². The lowest BCUT2D eigenvalue weighted by Gasteiger charge is -2.35. The lowest BCUT2D eigenvalue weighted by molar-refractivity contribution is 0.0630. The highest BCUT2D eigenvalue weighted by Crippen LogP contribution is 2.28. The number of benzene rings is 2. The average molecular weight is 474 g/mol. The molecule has 0 saturated carbocycles. The number of hydrogen-bond donors (Lipinski definition) is 0. The topological polar surface area (TPSA) is 54.3 Å². The van der Waals surface area contributed by atoms with Crippen LogP contribution in [-0.2, 0) is 13.1 Å². The van der Waals surface area contributed by atoms with Gasteiger partial charge >= 0.3 is 0 Å². The minimum Gasteiger partial charge on any atom is -0.336 e. The third kappa shape index (κ3) is 4.56. The Balaban J connectivity index is 1.38. The molecule has 0 radical (unpaired) electrons. The highest BCUT2D eigenvalue weighted by atomic mass is 35.5. The highest BCUT2D eigenvalue weighted by molar-refractivity contribution is 6.30. The second-order valence-electron chi connectivity index (χ2n) is 8.75. The van der Waals surface area contributed by atoms with Gasteiger partial charge in [0.15, 0.2) is 0 Å². The summed E-state index contributed by atoms with van der Waals surface area (Å²) < 4.78 is 1.91. The molecule has 2 aromatic carbocycles. The molecule has 0 N–H and O–H groups in total. The molecule has 1 aliphatic rings. The number of aryl methyl sites for hydroxylation is 2. The molecule has 0 atom stereocenters. The molecule has 0 spiro atoms. The fourth-order valence-corrected chi connectivity index (χ4v) is 4.68. The maximum absolute atomic E-state index is 13.7. The fraction of sp³-hybridized carbons (Fsp3) is 0.296. The molecule has 4 aromatic rings. The van der Waals surface area contributed by atoms with Gasteiger partial charge in [0.2, 0.25) is 0 Å². The van der Waals surface area contributed by atoms with Crippen molar-refractivity contribution in [2.45, 2.75) is 26.9 Å². The first kappa shape index (κ1) is 22.6. The van der Waals surface area contributed by atoms with Crippen LogP contribution in [0.5, 0.6) is 0 Å². The van der Waals surface area contributed by atoms with Gasteiger partial charge in [-0.25, -0.2) is 4.98 Å². The second kappa shape index (κ2) is 9.57. The number of amides is 1. The molecular formula is C27H28ClN5O. The molecule has 5 rings (SSSR count). The van der Waals surface area contributed by atoms with Gasteiger partial charge in [0.1, 0.15) is 0 Å². The molecule has 1 amide bonds. The predicted octanol–water partition coefficient (Wildman–Crippen LogP) is 5.04. The largest absolute Gasteiger partial charge is 0.336 e. The van der Waals surface area contributed by atoms with E-state index in [-0.39, 0.29) is 5.91 Å². The van der Waals surface area contributed by atoms with Crippen molar-refractivity contribution in [2.24, 2.45) is 0 Å². The molecule has 0 unspecified atom stereocenters. The molecule has 1 saturated heterocycles. The van der Waals surface area contributed by atoms with Crippen LogP contribution in [-0.4, -0.2) is 56.7 Å². The van der Waals surface area contributed by atoms with Gasteiger partial charge in [-0.3, -0.25) is 14.4 Å². The summed E-state index contributed by atoms with van der Waals surface area (Å²) in [5.41, 5.74) is 5.44. The lowest BCUT2D eigenvalue weighted by Crippen LogP contribution is -2.48. The summed E-state index contributed by atoms with van der Waals surface area (Å²) in [6.45, 7) is 8.78. The molecular weight excluding hydrogens is 446 g/mol. The van der Waals surface area contributed by atoms with Gasteiger partial charge in [-0.05, 0) is 43.7 Å². The van der Waals surface area contributed by atoms with Crippen molar-refractivity contribution in [3.05, 3.63) is 82.6 Å². The van der Waals surface area contributed by atoms with Crippen LogP contribution in [0.3, 0.4) is 0 Å². The molecule has 1 aliphatic heterocycles. The molecule has 3 heterocycles. The van der Waals surface area contributed by atoms with Gasteiger partial charge in [-0.15, -0.1) is 0 Å². The van der Waals surface area contributed by atoms with Crippen molar-refractivity contribution in [1.29, 1.82) is 0 Å². The second-order valence-corrected chi connectivity index (χ2v) is 9.19. The third-order valence-electron chi connectivity index (χ3n) is 6.47. The fourth-order valence-electron chi connectivity index (χ4n) is 4.55. The van der Waals surface area contributed by atoms with Crippen LogP contribution in [0.15, 0.2) is 60.8 Å². The van der Waals surface area contributed by atoms with Crippen molar-refractivity contribution < 1.29 is 4.79 Å². The van der Waals surface area contributed by atoms with Crippen LogP contribution in [0.25, 0.3) is 22.2 Å². The number of para-hydroxylation sites is 1. The van der Waals surface area contributed by atoms with Crippen LogP contribution in [0, 0.1) is 6.92 Å². The standard InChI is InChI=1S/C27H28ClN5O/c1-3-33-18-24(19(2)30-33)26-16-23(22-6-4-5-7-25(22)29-26)27(34)32-14-12-31(13-15-32)17-20-8-10-21(28)11-9-20/h4-11,16,18H,3,12-15,17H2,1-2H3. The Bertz CT molecular complexity index is 1320. The quantitative estimate of drug-likeness (QED) is 0.407. The van der Waals surface area contributed by atoms with Crippen molar-refractivity contribution in [3.8, 4) is 11.3 Å². The Morgan fingerprint density at radius 2 is 1.76 bits per heavy atom. The monoisotopic (exact) mass is 473 g/mol. The zero-order valence-electron chi connectivity index (χ0n) is 19.5. The Morgan fingerprint density at radius 3 is 2.47 bits per heavy atom. The first-order valence-corrected chi connectivity index (χ1v) is 12.1. The first-order chi connectivity index (χ1) is 16.5. The van der Waals surface area contributed by atoms with Gasteiger partial charge in [0.05, 0.1) is 22.5 Å². The number of rotatable bonds is 5. The van der Waals surface area contributed by atoms with E-state index >= 15 is 0 Å². The third-order valence-corrected chi connectivity index (χ3v) is 6.72. The minimum absolute atomic E-state index is 0.0616. The van der Waals surface area contributed by atoms with E-state index in [1.807, 2.05) is 65.2 Å². The van der Waals surface area contributed by atoms with Crippen molar-refractivity contribution in [1.82, 2.24) is 24.6 Å². The normalized spacial score (nSPS) is 14.6. The Kier molecular flexibility index (Phi) is 6.35. The van der Waals surface area contributed by atoms with Crippen molar-refractivity contribution >= 4 is 28.4 Å². The van der Waals surface area contributed by atoms with Crippen LogP contribution < -0.4 is 0 Å². The predicted molar refractivity (Wildman–Crippen MR) is 136 cm³/mol. The Labute approximate surface area is 204 Å². The van der Waals surface area contributed by atoms with Crippen LogP contribution in [0.4, 0.5) is 0 Å².